The molecule has 2 aromatic rings. The largest absolute Gasteiger partial charge is 0.416 e. The van der Waals surface area contributed by atoms with Crippen LogP contribution >= 0.6 is 0 Å². The monoisotopic (exact) mass is 526 g/mol. The van der Waals surface area contributed by atoms with Crippen LogP contribution in [0, 0.1) is 0 Å². The number of carbonyl (C=O) groups excluding carboxylic acids is 1. The van der Waals surface area contributed by atoms with Gasteiger partial charge in [-0.3, -0.25) is 4.79 Å². The molecule has 3 nitrogen and oxygen atoms in total. The van der Waals surface area contributed by atoms with Crippen LogP contribution in [0.1, 0.15) is 55.0 Å². The molecule has 0 saturated carbocycles. The molecule has 0 aliphatic carbocycles. The Balaban J connectivity index is 1.99. The molecule has 36 heavy (non-hydrogen) atoms. The van der Waals surface area contributed by atoms with Gasteiger partial charge in [0.15, 0.2) is 0 Å². The lowest BCUT2D eigenvalue weighted by Gasteiger charge is -2.33. The molecule has 1 aliphatic heterocycles. The van der Waals surface area contributed by atoms with Crippen molar-refractivity contribution < 1.29 is 44.3 Å². The van der Waals surface area contributed by atoms with Crippen molar-refractivity contribution in [1.82, 2.24) is 5.32 Å². The summed E-state index contributed by atoms with van der Waals surface area (Å²) in [7, 11) is 0. The third kappa shape index (κ3) is 5.57. The highest BCUT2D eigenvalue weighted by atomic mass is 19.4. The summed E-state index contributed by atoms with van der Waals surface area (Å²) in [5, 5.41) is 2.74. The molecule has 1 heterocycles. The minimum Gasteiger partial charge on any atom is -0.370 e. The fourth-order valence-corrected chi connectivity index (χ4v) is 4.29. The van der Waals surface area contributed by atoms with E-state index in [1.54, 1.807) is 26.0 Å². The van der Waals surface area contributed by atoms with Crippen LogP contribution in [0.3, 0.4) is 0 Å². The Bertz CT molecular complexity index is 1060. The van der Waals surface area contributed by atoms with E-state index in [0.29, 0.717) is 11.3 Å². The van der Waals surface area contributed by atoms with E-state index < -0.39 is 53.6 Å². The number of nitrogens with one attached hydrogen (secondary N) is 1. The Labute approximate surface area is 201 Å². The van der Waals surface area contributed by atoms with Crippen LogP contribution < -0.4 is 10.2 Å². The van der Waals surface area contributed by atoms with E-state index in [1.807, 2.05) is 0 Å². The smallest absolute Gasteiger partial charge is 0.370 e. The van der Waals surface area contributed by atoms with Gasteiger partial charge in [-0.2, -0.15) is 39.5 Å². The SMILES string of the molecule is CCC(=O)NC(C)c1ccc(N2CCC(c3cc(C(F)(F)F)cc(C(F)(F)F)c3)(C(F)(F)F)C2)cc1. The predicted octanol–water partition coefficient (Wildman–Crippen LogP) is 7.02. The Morgan fingerprint density at radius 2 is 1.47 bits per heavy atom. The molecule has 0 spiro atoms. The number of rotatable bonds is 5. The average molecular weight is 526 g/mol. The van der Waals surface area contributed by atoms with Crippen molar-refractivity contribution in [2.24, 2.45) is 0 Å². The van der Waals surface area contributed by atoms with Crippen LogP contribution in [0.4, 0.5) is 45.2 Å². The van der Waals surface area contributed by atoms with E-state index in [4.69, 9.17) is 0 Å². The Morgan fingerprint density at radius 3 is 1.92 bits per heavy atom. The lowest BCUT2D eigenvalue weighted by molar-refractivity contribution is -0.185. The first kappa shape index (κ1) is 27.7. The van der Waals surface area contributed by atoms with Gasteiger partial charge in [-0.25, -0.2) is 0 Å². The lowest BCUT2D eigenvalue weighted by Crippen LogP contribution is -2.45. The van der Waals surface area contributed by atoms with Crippen molar-refractivity contribution in [3.8, 4) is 0 Å². The summed E-state index contributed by atoms with van der Waals surface area (Å²) in [6.45, 7) is 2.31. The predicted molar refractivity (Wildman–Crippen MR) is 114 cm³/mol. The second-order valence-electron chi connectivity index (χ2n) is 8.78. The second kappa shape index (κ2) is 9.51. The third-order valence-electron chi connectivity index (χ3n) is 6.41. The quantitative estimate of drug-likeness (QED) is 0.425. The molecule has 2 unspecified atom stereocenters. The number of benzene rings is 2. The summed E-state index contributed by atoms with van der Waals surface area (Å²) < 4.78 is 123. The zero-order chi connectivity index (χ0) is 27.1. The Hall–Kier alpha value is -2.92. The number of hydrogen-bond acceptors (Lipinski definition) is 2. The third-order valence-corrected chi connectivity index (χ3v) is 6.41. The number of carbonyl (C=O) groups is 1. The number of halogens is 9. The van der Waals surface area contributed by atoms with Gasteiger partial charge in [0.05, 0.1) is 17.2 Å². The van der Waals surface area contributed by atoms with Crippen molar-refractivity contribution in [1.29, 1.82) is 0 Å². The topological polar surface area (TPSA) is 32.3 Å². The molecule has 1 saturated heterocycles. The molecule has 1 aliphatic rings. The van der Waals surface area contributed by atoms with Gasteiger partial charge in [0.25, 0.3) is 0 Å². The van der Waals surface area contributed by atoms with E-state index in [1.165, 1.54) is 17.0 Å². The molecule has 1 amide bonds. The van der Waals surface area contributed by atoms with Crippen molar-refractivity contribution in [3.63, 3.8) is 0 Å². The van der Waals surface area contributed by atoms with E-state index in [-0.39, 0.29) is 43.1 Å². The maximum atomic E-state index is 14.3. The summed E-state index contributed by atoms with van der Waals surface area (Å²) >= 11 is 0. The van der Waals surface area contributed by atoms with Crippen molar-refractivity contribution in [2.75, 3.05) is 18.0 Å². The van der Waals surface area contributed by atoms with Crippen LogP contribution in [-0.2, 0) is 22.6 Å². The number of hydrogen-bond donors (Lipinski definition) is 1. The summed E-state index contributed by atoms with van der Waals surface area (Å²) in [5.74, 6) is -0.194. The molecule has 2 atom stereocenters. The number of alkyl halides is 9. The first-order valence-corrected chi connectivity index (χ1v) is 11.0. The Kier molecular flexibility index (Phi) is 7.31. The Morgan fingerprint density at radius 1 is 0.944 bits per heavy atom. The standard InChI is InChI=1S/C24H23F9N2O/c1-3-20(36)34-14(2)15-4-6-19(7-5-15)35-9-8-21(13-35,24(31,32)33)16-10-17(22(25,26)27)12-18(11-16)23(28,29)30/h4-7,10-12,14H,3,8-9,13H2,1-2H3,(H,34,36). The fraction of sp³-hybridized carbons (Fsp3) is 0.458. The summed E-state index contributed by atoms with van der Waals surface area (Å²) in [4.78, 5) is 12.9. The highest BCUT2D eigenvalue weighted by molar-refractivity contribution is 5.76. The molecule has 1 fully saturated rings. The summed E-state index contributed by atoms with van der Waals surface area (Å²) in [6.07, 6.45) is -16.1. The van der Waals surface area contributed by atoms with E-state index in [0.717, 1.165) is 0 Å². The van der Waals surface area contributed by atoms with Gasteiger partial charge in [0.2, 0.25) is 5.91 Å². The molecule has 0 bridgehead atoms. The molecule has 3 rings (SSSR count). The fourth-order valence-electron chi connectivity index (χ4n) is 4.29. The maximum absolute atomic E-state index is 14.3. The molecule has 12 heteroatoms. The van der Waals surface area contributed by atoms with Crippen LogP contribution in [-0.4, -0.2) is 25.2 Å². The van der Waals surface area contributed by atoms with Crippen LogP contribution in [0.25, 0.3) is 0 Å². The first-order valence-electron chi connectivity index (χ1n) is 11.0. The van der Waals surface area contributed by atoms with Crippen LogP contribution in [0.5, 0.6) is 0 Å². The number of anilines is 1. The van der Waals surface area contributed by atoms with Crippen LogP contribution in [0.15, 0.2) is 42.5 Å². The zero-order valence-electron chi connectivity index (χ0n) is 19.2. The van der Waals surface area contributed by atoms with Gasteiger partial charge in [-0.1, -0.05) is 19.1 Å². The molecule has 1 N–H and O–H groups in total. The molecular weight excluding hydrogens is 503 g/mol. The average Bonchev–Trinajstić information content (AvgIpc) is 3.24. The van der Waals surface area contributed by atoms with Crippen molar-refractivity contribution >= 4 is 11.6 Å². The highest BCUT2D eigenvalue weighted by Gasteiger charge is 2.60. The normalized spacial score (nSPS) is 19.9. The minimum atomic E-state index is -5.26. The molecular formula is C24H23F9N2O. The molecule has 0 aromatic heterocycles. The summed E-state index contributed by atoms with van der Waals surface area (Å²) in [6, 6.07) is 5.96. The molecule has 0 radical (unpaired) electrons. The number of amides is 1. The zero-order valence-corrected chi connectivity index (χ0v) is 19.2. The minimum absolute atomic E-state index is 0.160. The van der Waals surface area contributed by atoms with Crippen molar-refractivity contribution in [3.05, 3.63) is 64.7 Å². The van der Waals surface area contributed by atoms with Gasteiger partial charge in [-0.05, 0) is 54.8 Å². The first-order chi connectivity index (χ1) is 16.5. The van der Waals surface area contributed by atoms with Crippen molar-refractivity contribution in [2.45, 2.75) is 56.7 Å². The van der Waals surface area contributed by atoms with Gasteiger partial charge >= 0.3 is 18.5 Å². The highest BCUT2D eigenvalue weighted by Crippen LogP contribution is 2.50. The van der Waals surface area contributed by atoms with E-state index in [2.05, 4.69) is 5.32 Å². The van der Waals surface area contributed by atoms with Gasteiger partial charge in [-0.15, -0.1) is 0 Å². The summed E-state index contributed by atoms with van der Waals surface area (Å²) in [5.41, 5.74) is -6.60. The van der Waals surface area contributed by atoms with Crippen LogP contribution in [0.2, 0.25) is 0 Å². The lowest BCUT2D eigenvalue weighted by atomic mass is 9.77. The van der Waals surface area contributed by atoms with Gasteiger partial charge < -0.3 is 10.2 Å². The van der Waals surface area contributed by atoms with Gasteiger partial charge in [0, 0.05) is 25.2 Å². The second-order valence-corrected chi connectivity index (χ2v) is 8.78. The number of nitrogens with zero attached hydrogens (tertiary/aromatic N) is 1. The molecule has 2 aromatic carbocycles. The molecule has 198 valence electrons. The van der Waals surface area contributed by atoms with E-state index >= 15 is 0 Å². The maximum Gasteiger partial charge on any atom is 0.416 e. The van der Waals surface area contributed by atoms with Gasteiger partial charge in [0.1, 0.15) is 5.41 Å². The van der Waals surface area contributed by atoms with E-state index in [9.17, 15) is 44.3 Å².